The minimum Gasteiger partial charge on any atom is -0.373 e. The van der Waals surface area contributed by atoms with E-state index in [4.69, 9.17) is 9.26 Å². The molecule has 7 nitrogen and oxygen atoms in total. The summed E-state index contributed by atoms with van der Waals surface area (Å²) < 4.78 is 11.2. The number of carbonyl (C=O) groups is 1. The van der Waals surface area contributed by atoms with Gasteiger partial charge in [0.15, 0.2) is 0 Å². The first-order valence-corrected chi connectivity index (χ1v) is 10.7. The Kier molecular flexibility index (Phi) is 6.62. The third kappa shape index (κ3) is 5.26. The first-order valence-electron chi connectivity index (χ1n) is 10.7. The number of rotatable bonds is 5. The molecule has 3 atom stereocenters. The SMILES string of the molecule is CC1CN(C(C(=O)Nc2ccc(-c3noc(C(C)(C)C)n3)cc2)C(C)C)CC(C)O1. The highest BCUT2D eigenvalue weighted by Gasteiger charge is 2.34. The van der Waals surface area contributed by atoms with E-state index in [1.54, 1.807) is 0 Å². The smallest absolute Gasteiger partial charge is 0.241 e. The van der Waals surface area contributed by atoms with Gasteiger partial charge in [0.2, 0.25) is 17.6 Å². The number of carbonyl (C=O) groups excluding carboxylic acids is 1. The fourth-order valence-corrected chi connectivity index (χ4v) is 3.90. The van der Waals surface area contributed by atoms with Gasteiger partial charge in [0.25, 0.3) is 0 Å². The summed E-state index contributed by atoms with van der Waals surface area (Å²) in [5, 5.41) is 7.15. The van der Waals surface area contributed by atoms with Gasteiger partial charge >= 0.3 is 0 Å². The van der Waals surface area contributed by atoms with Gasteiger partial charge in [-0.1, -0.05) is 39.8 Å². The molecule has 0 spiro atoms. The quantitative estimate of drug-likeness (QED) is 0.793. The van der Waals surface area contributed by atoms with Crippen molar-refractivity contribution in [1.82, 2.24) is 15.0 Å². The molecule has 0 radical (unpaired) electrons. The van der Waals surface area contributed by atoms with Gasteiger partial charge in [0.1, 0.15) is 0 Å². The minimum atomic E-state index is -0.204. The molecular weight excluding hydrogens is 380 g/mol. The van der Waals surface area contributed by atoms with Crippen LogP contribution in [-0.4, -0.2) is 52.3 Å². The molecule has 1 N–H and O–H groups in total. The van der Waals surface area contributed by atoms with Gasteiger partial charge in [0.05, 0.1) is 18.2 Å². The van der Waals surface area contributed by atoms with Gasteiger partial charge in [-0.05, 0) is 44.0 Å². The highest BCUT2D eigenvalue weighted by atomic mass is 16.5. The fraction of sp³-hybridized carbons (Fsp3) is 0.609. The summed E-state index contributed by atoms with van der Waals surface area (Å²) in [4.78, 5) is 19.8. The third-order valence-electron chi connectivity index (χ3n) is 5.22. The van der Waals surface area contributed by atoms with Crippen LogP contribution in [-0.2, 0) is 14.9 Å². The van der Waals surface area contributed by atoms with E-state index in [9.17, 15) is 4.79 Å². The van der Waals surface area contributed by atoms with Crippen molar-refractivity contribution in [2.75, 3.05) is 18.4 Å². The van der Waals surface area contributed by atoms with Gasteiger partial charge in [-0.15, -0.1) is 0 Å². The Morgan fingerprint density at radius 1 is 1.13 bits per heavy atom. The average molecular weight is 415 g/mol. The van der Waals surface area contributed by atoms with Crippen molar-refractivity contribution in [3.63, 3.8) is 0 Å². The summed E-state index contributed by atoms with van der Waals surface area (Å²) in [6.45, 7) is 15.9. The van der Waals surface area contributed by atoms with Crippen LogP contribution in [0, 0.1) is 5.92 Å². The van der Waals surface area contributed by atoms with E-state index in [1.807, 2.05) is 45.0 Å². The van der Waals surface area contributed by atoms with Crippen molar-refractivity contribution in [2.45, 2.75) is 72.1 Å². The fourth-order valence-electron chi connectivity index (χ4n) is 3.90. The van der Waals surface area contributed by atoms with Gasteiger partial charge in [-0.25, -0.2) is 0 Å². The lowest BCUT2D eigenvalue weighted by Crippen LogP contribution is -2.55. The minimum absolute atomic E-state index is 0.00799. The molecular formula is C23H34N4O3. The number of morpholine rings is 1. The lowest BCUT2D eigenvalue weighted by molar-refractivity contribution is -0.130. The van der Waals surface area contributed by atoms with Crippen molar-refractivity contribution < 1.29 is 14.1 Å². The summed E-state index contributed by atoms with van der Waals surface area (Å²) >= 11 is 0. The van der Waals surface area contributed by atoms with Crippen molar-refractivity contribution in [1.29, 1.82) is 0 Å². The van der Waals surface area contributed by atoms with Crippen LogP contribution in [0.15, 0.2) is 28.8 Å². The van der Waals surface area contributed by atoms with Crippen LogP contribution >= 0.6 is 0 Å². The lowest BCUT2D eigenvalue weighted by atomic mass is 9.97. The number of benzene rings is 1. The van der Waals surface area contributed by atoms with Crippen LogP contribution in [0.25, 0.3) is 11.4 Å². The van der Waals surface area contributed by atoms with E-state index in [-0.39, 0.29) is 35.5 Å². The summed E-state index contributed by atoms with van der Waals surface area (Å²) in [7, 11) is 0. The molecule has 1 aliphatic heterocycles. The highest BCUT2D eigenvalue weighted by molar-refractivity contribution is 5.95. The van der Waals surface area contributed by atoms with Crippen LogP contribution in [0.5, 0.6) is 0 Å². The molecule has 3 unspecified atom stereocenters. The topological polar surface area (TPSA) is 80.5 Å². The Balaban J connectivity index is 1.70. The van der Waals surface area contributed by atoms with E-state index >= 15 is 0 Å². The Labute approximate surface area is 179 Å². The van der Waals surface area contributed by atoms with Crippen LogP contribution in [0.2, 0.25) is 0 Å². The average Bonchev–Trinajstić information content (AvgIpc) is 3.12. The van der Waals surface area contributed by atoms with E-state index in [1.165, 1.54) is 0 Å². The predicted octanol–water partition coefficient (Wildman–Crippen LogP) is 4.11. The zero-order chi connectivity index (χ0) is 22.1. The van der Waals surface area contributed by atoms with Crippen molar-refractivity contribution in [3.8, 4) is 11.4 Å². The normalized spacial score (nSPS) is 21.6. The van der Waals surface area contributed by atoms with Gasteiger partial charge in [-0.3, -0.25) is 9.69 Å². The molecule has 164 valence electrons. The maximum Gasteiger partial charge on any atom is 0.241 e. The second kappa shape index (κ2) is 8.86. The molecule has 2 heterocycles. The molecule has 1 amide bonds. The predicted molar refractivity (Wildman–Crippen MR) is 117 cm³/mol. The standard InChI is InChI=1S/C23H34N4O3/c1-14(2)19(27-12-15(3)29-16(4)13-27)21(28)24-18-10-8-17(9-11-18)20-25-22(30-26-20)23(5,6)7/h8-11,14-16,19H,12-13H2,1-7H3,(H,24,28). The van der Waals surface area contributed by atoms with Crippen molar-refractivity contribution >= 4 is 11.6 Å². The van der Waals surface area contributed by atoms with Gasteiger partial charge < -0.3 is 14.6 Å². The number of hydrogen-bond donors (Lipinski definition) is 1. The zero-order valence-electron chi connectivity index (χ0n) is 19.1. The number of ether oxygens (including phenoxy) is 1. The number of nitrogens with one attached hydrogen (secondary N) is 1. The molecule has 1 saturated heterocycles. The summed E-state index contributed by atoms with van der Waals surface area (Å²) in [6.07, 6.45) is 0.241. The van der Waals surface area contributed by atoms with Crippen molar-refractivity contribution in [2.24, 2.45) is 5.92 Å². The molecule has 1 fully saturated rings. The molecule has 30 heavy (non-hydrogen) atoms. The lowest BCUT2D eigenvalue weighted by Gasteiger charge is -2.41. The molecule has 1 aromatic heterocycles. The summed E-state index contributed by atoms with van der Waals surface area (Å²) in [5.41, 5.74) is 1.41. The van der Waals surface area contributed by atoms with E-state index in [0.717, 1.165) is 24.3 Å². The molecule has 0 saturated carbocycles. The van der Waals surface area contributed by atoms with E-state index in [2.05, 4.69) is 48.1 Å². The second-order valence-electron chi connectivity index (χ2n) is 9.64. The second-order valence-corrected chi connectivity index (χ2v) is 9.64. The first-order chi connectivity index (χ1) is 14.0. The number of aromatic nitrogens is 2. The molecule has 0 aliphatic carbocycles. The summed E-state index contributed by atoms with van der Waals surface area (Å²) in [5.74, 6) is 1.35. The largest absolute Gasteiger partial charge is 0.373 e. The third-order valence-corrected chi connectivity index (χ3v) is 5.22. The highest BCUT2D eigenvalue weighted by Crippen LogP contribution is 2.25. The Hall–Kier alpha value is -2.25. The molecule has 3 rings (SSSR count). The van der Waals surface area contributed by atoms with Crippen LogP contribution in [0.4, 0.5) is 5.69 Å². The summed E-state index contributed by atoms with van der Waals surface area (Å²) in [6, 6.07) is 7.35. The Morgan fingerprint density at radius 3 is 2.23 bits per heavy atom. The van der Waals surface area contributed by atoms with Crippen LogP contribution in [0.1, 0.15) is 54.4 Å². The Bertz CT molecular complexity index is 844. The molecule has 0 bridgehead atoms. The maximum absolute atomic E-state index is 13.1. The number of anilines is 1. The number of hydrogen-bond acceptors (Lipinski definition) is 6. The van der Waals surface area contributed by atoms with E-state index < -0.39 is 0 Å². The number of amides is 1. The molecule has 2 aromatic rings. The molecule has 1 aliphatic rings. The van der Waals surface area contributed by atoms with Gasteiger partial charge in [-0.2, -0.15) is 4.98 Å². The number of nitrogens with zero attached hydrogens (tertiary/aromatic N) is 3. The Morgan fingerprint density at radius 2 is 1.73 bits per heavy atom. The van der Waals surface area contributed by atoms with Gasteiger partial charge in [0, 0.05) is 29.8 Å². The molecule has 1 aromatic carbocycles. The van der Waals surface area contributed by atoms with E-state index in [0.29, 0.717) is 11.7 Å². The van der Waals surface area contributed by atoms with Crippen molar-refractivity contribution in [3.05, 3.63) is 30.2 Å². The van der Waals surface area contributed by atoms with Crippen LogP contribution < -0.4 is 5.32 Å². The monoisotopic (exact) mass is 414 g/mol. The molecule has 7 heteroatoms. The zero-order valence-corrected chi connectivity index (χ0v) is 19.1. The first kappa shape index (κ1) is 22.4. The maximum atomic E-state index is 13.1. The van der Waals surface area contributed by atoms with Crippen LogP contribution in [0.3, 0.4) is 0 Å².